The lowest BCUT2D eigenvalue weighted by Crippen LogP contribution is -2.69. The van der Waals surface area contributed by atoms with E-state index in [0.717, 1.165) is 25.3 Å². The van der Waals surface area contributed by atoms with Gasteiger partial charge in [0.1, 0.15) is 0 Å². The Bertz CT molecular complexity index is 211. The molecule has 3 heteroatoms. The first kappa shape index (κ1) is 9.13. The summed E-state index contributed by atoms with van der Waals surface area (Å²) >= 11 is 0. The number of likely N-dealkylation sites (tertiary alicyclic amines) is 1. The first-order valence-corrected chi connectivity index (χ1v) is 5.83. The Morgan fingerprint density at radius 2 is 2.07 bits per heavy atom. The van der Waals surface area contributed by atoms with Crippen LogP contribution < -0.4 is 5.32 Å². The zero-order chi connectivity index (χ0) is 9.60. The van der Waals surface area contributed by atoms with Crippen molar-refractivity contribution >= 4 is 0 Å². The van der Waals surface area contributed by atoms with Gasteiger partial charge in [-0.3, -0.25) is 4.90 Å². The largest absolute Gasteiger partial charge is 0.380 e. The molecular formula is C11H20N2O. The molecule has 0 aromatic rings. The van der Waals surface area contributed by atoms with Crippen molar-refractivity contribution in [1.82, 2.24) is 10.2 Å². The van der Waals surface area contributed by atoms with E-state index in [0.29, 0.717) is 5.41 Å². The third kappa shape index (κ3) is 1.38. The molecule has 0 radical (unpaired) electrons. The first-order valence-electron chi connectivity index (χ1n) is 5.83. The Balaban J connectivity index is 1.49. The van der Waals surface area contributed by atoms with Crippen LogP contribution in [0.5, 0.6) is 0 Å². The number of hydrogen-bond acceptors (Lipinski definition) is 3. The van der Waals surface area contributed by atoms with Gasteiger partial charge in [-0.15, -0.1) is 0 Å². The molecule has 0 amide bonds. The van der Waals surface area contributed by atoms with Crippen molar-refractivity contribution in [2.24, 2.45) is 5.41 Å². The van der Waals surface area contributed by atoms with Crippen LogP contribution in [0.2, 0.25) is 0 Å². The number of ether oxygens (including phenoxy) is 1. The van der Waals surface area contributed by atoms with Gasteiger partial charge in [0.15, 0.2) is 0 Å². The summed E-state index contributed by atoms with van der Waals surface area (Å²) in [4.78, 5) is 2.64. The van der Waals surface area contributed by atoms with E-state index < -0.39 is 0 Å². The predicted molar refractivity (Wildman–Crippen MR) is 55.3 cm³/mol. The molecular weight excluding hydrogens is 176 g/mol. The maximum atomic E-state index is 5.29. The molecule has 0 aromatic carbocycles. The molecule has 0 aliphatic carbocycles. The Labute approximate surface area is 85.8 Å². The highest BCUT2D eigenvalue weighted by Crippen LogP contribution is 2.39. The van der Waals surface area contributed by atoms with Crippen molar-refractivity contribution in [3.63, 3.8) is 0 Å². The number of nitrogens with one attached hydrogen (secondary N) is 1. The van der Waals surface area contributed by atoms with Crippen molar-refractivity contribution in [1.29, 1.82) is 0 Å². The minimum Gasteiger partial charge on any atom is -0.380 e. The highest BCUT2D eigenvalue weighted by molar-refractivity contribution is 5.02. The number of nitrogens with zero attached hydrogens (tertiary/aromatic N) is 1. The molecule has 3 fully saturated rings. The summed E-state index contributed by atoms with van der Waals surface area (Å²) in [5.41, 5.74) is 0.586. The Morgan fingerprint density at radius 3 is 2.57 bits per heavy atom. The molecule has 0 saturated carbocycles. The Kier molecular flexibility index (Phi) is 2.08. The van der Waals surface area contributed by atoms with Gasteiger partial charge in [0.2, 0.25) is 0 Å². The monoisotopic (exact) mass is 196 g/mol. The maximum absolute atomic E-state index is 5.29. The van der Waals surface area contributed by atoms with Gasteiger partial charge in [0.25, 0.3) is 0 Å². The van der Waals surface area contributed by atoms with Crippen LogP contribution in [0.1, 0.15) is 19.8 Å². The van der Waals surface area contributed by atoms with Crippen LogP contribution in [0.25, 0.3) is 0 Å². The fourth-order valence-corrected chi connectivity index (χ4v) is 2.94. The summed E-state index contributed by atoms with van der Waals surface area (Å²) < 4.78 is 5.29. The summed E-state index contributed by atoms with van der Waals surface area (Å²) in [6.07, 6.45) is 2.72. The quantitative estimate of drug-likeness (QED) is 0.659. The number of piperidine rings is 1. The molecule has 2 unspecified atom stereocenters. The van der Waals surface area contributed by atoms with Crippen molar-refractivity contribution < 1.29 is 4.74 Å². The van der Waals surface area contributed by atoms with Gasteiger partial charge in [0.05, 0.1) is 13.2 Å². The average Bonchev–Trinajstić information content (AvgIpc) is 2.03. The van der Waals surface area contributed by atoms with E-state index in [1.807, 2.05) is 0 Å². The van der Waals surface area contributed by atoms with E-state index in [9.17, 15) is 0 Å². The zero-order valence-corrected chi connectivity index (χ0v) is 8.96. The van der Waals surface area contributed by atoms with Gasteiger partial charge in [-0.25, -0.2) is 0 Å². The summed E-state index contributed by atoms with van der Waals surface area (Å²) in [5.74, 6) is 0. The minimum atomic E-state index is 0.586. The van der Waals surface area contributed by atoms with Gasteiger partial charge >= 0.3 is 0 Å². The van der Waals surface area contributed by atoms with Crippen LogP contribution in [-0.4, -0.2) is 49.8 Å². The maximum Gasteiger partial charge on any atom is 0.0569 e. The molecule has 0 bridgehead atoms. The molecule has 3 saturated heterocycles. The Hall–Kier alpha value is -0.120. The van der Waals surface area contributed by atoms with Gasteiger partial charge in [-0.05, 0) is 19.8 Å². The van der Waals surface area contributed by atoms with Crippen LogP contribution in [0.15, 0.2) is 0 Å². The van der Waals surface area contributed by atoms with Gasteiger partial charge in [-0.1, -0.05) is 0 Å². The highest BCUT2D eigenvalue weighted by Gasteiger charge is 2.50. The number of rotatable bonds is 1. The smallest absolute Gasteiger partial charge is 0.0569 e. The average molecular weight is 196 g/mol. The molecule has 1 N–H and O–H groups in total. The molecule has 3 aliphatic heterocycles. The second-order valence-electron chi connectivity index (χ2n) is 5.44. The Morgan fingerprint density at radius 1 is 1.29 bits per heavy atom. The molecule has 80 valence electrons. The molecule has 3 aliphatic rings. The van der Waals surface area contributed by atoms with Crippen molar-refractivity contribution in [2.75, 3.05) is 32.8 Å². The van der Waals surface area contributed by atoms with Crippen LogP contribution in [0.4, 0.5) is 0 Å². The predicted octanol–water partition coefficient (Wildman–Crippen LogP) is 0.459. The second kappa shape index (κ2) is 3.19. The summed E-state index contributed by atoms with van der Waals surface area (Å²) in [5, 5.41) is 3.57. The number of hydrogen-bond donors (Lipinski definition) is 1. The normalized spacial score (nSPS) is 41.8. The van der Waals surface area contributed by atoms with Crippen LogP contribution >= 0.6 is 0 Å². The molecule has 3 rings (SSSR count). The summed E-state index contributed by atoms with van der Waals surface area (Å²) in [6, 6.07) is 1.53. The lowest BCUT2D eigenvalue weighted by Gasteiger charge is -2.58. The molecule has 2 atom stereocenters. The van der Waals surface area contributed by atoms with E-state index in [1.54, 1.807) is 0 Å². The summed E-state index contributed by atoms with van der Waals surface area (Å²) in [7, 11) is 0. The molecule has 3 nitrogen and oxygen atoms in total. The zero-order valence-electron chi connectivity index (χ0n) is 8.96. The van der Waals surface area contributed by atoms with Crippen LogP contribution in [0, 0.1) is 5.41 Å². The molecule has 14 heavy (non-hydrogen) atoms. The van der Waals surface area contributed by atoms with E-state index in [2.05, 4.69) is 17.1 Å². The third-order valence-electron chi connectivity index (χ3n) is 4.04. The first-order chi connectivity index (χ1) is 6.77. The minimum absolute atomic E-state index is 0.586. The third-order valence-corrected chi connectivity index (χ3v) is 4.04. The molecule has 1 spiro atoms. The van der Waals surface area contributed by atoms with Gasteiger partial charge in [-0.2, -0.15) is 0 Å². The van der Waals surface area contributed by atoms with Gasteiger partial charge in [0, 0.05) is 37.1 Å². The van der Waals surface area contributed by atoms with E-state index in [1.165, 1.54) is 32.5 Å². The van der Waals surface area contributed by atoms with Crippen LogP contribution in [-0.2, 0) is 4.74 Å². The van der Waals surface area contributed by atoms with E-state index >= 15 is 0 Å². The summed E-state index contributed by atoms with van der Waals surface area (Å²) in [6.45, 7) is 8.08. The molecule has 0 aromatic heterocycles. The SMILES string of the molecule is CC1CCC(N2CC3(COC3)C2)CN1. The fraction of sp³-hybridized carbons (Fsp3) is 1.00. The van der Waals surface area contributed by atoms with Crippen molar-refractivity contribution in [3.8, 4) is 0 Å². The second-order valence-corrected chi connectivity index (χ2v) is 5.44. The standard InChI is InChI=1S/C11H20N2O/c1-9-2-3-10(4-12-9)13-5-11(6-13)7-14-8-11/h9-10,12H,2-8H2,1H3. The molecule has 3 heterocycles. The van der Waals surface area contributed by atoms with Crippen LogP contribution in [0.3, 0.4) is 0 Å². The highest BCUT2D eigenvalue weighted by atomic mass is 16.5. The topological polar surface area (TPSA) is 24.5 Å². The van der Waals surface area contributed by atoms with Gasteiger partial charge < -0.3 is 10.1 Å². The fourth-order valence-electron chi connectivity index (χ4n) is 2.94. The van der Waals surface area contributed by atoms with Crippen molar-refractivity contribution in [3.05, 3.63) is 0 Å². The lowest BCUT2D eigenvalue weighted by atomic mass is 9.76. The van der Waals surface area contributed by atoms with E-state index in [4.69, 9.17) is 4.74 Å². The van der Waals surface area contributed by atoms with E-state index in [-0.39, 0.29) is 0 Å². The lowest BCUT2D eigenvalue weighted by molar-refractivity contribution is -0.199. The van der Waals surface area contributed by atoms with Crippen molar-refractivity contribution in [2.45, 2.75) is 31.8 Å².